The van der Waals surface area contributed by atoms with Crippen LogP contribution in [0.2, 0.25) is 5.02 Å². The van der Waals surface area contributed by atoms with Crippen molar-refractivity contribution in [2.45, 2.75) is 34.6 Å². The first-order valence-electron chi connectivity index (χ1n) is 36.4. The largest absolute Gasteiger partial charge is 0.497 e. The molecule has 0 atom stereocenters. The standard InChI is InChI=1S/C16H15N3O2.C15H12ClN3O.2C15H11N3O3.C10H11N3O.C9H8FN3O.6CO2/c1-11-6-13(9-15(7-11)20-2)12-4-3-5-14(8-12)21-16-10-17-19-18-16;1-10-5-12(7-13(16)6-10)11-3-2-4-14(8-11)20-15-9-17-19-18-15;1-4-12(21-15-8-16-18-17-15)5-2-10(1)11-3-6-13-14(7-11)20-9-19-13;1-2-10(6-12(3-1)21-15-8-16-18-17-15)11-4-5-13-14(7-11)20-9-19-13;1-7-3-4-9(5-8(7)2)14-10-6-11-13-12-10;1-6-2-3-7(4-8(6)10)14-9-5-11-13-12-9;6*2-1-3/h3-10H,1-2H3,(H,17,18,19);2-9H,1H3,(H,17,18,19);2*1-8H,9H2,(H,16,17,18);3-6H,1-2H3,(H,11,12,13);2-5H,1H3,(H,11,12,13);;;;;;. The zero-order valence-corrected chi connectivity index (χ0v) is 68.8. The lowest BCUT2D eigenvalue weighted by atomic mass is 10.0. The molecule has 0 amide bonds. The number of carbonyl (C=O) groups excluding carboxylic acids is 12. The molecule has 0 saturated carbocycles. The van der Waals surface area contributed by atoms with Gasteiger partial charge >= 0.3 is 36.9 Å². The number of aromatic nitrogens is 18. The van der Waals surface area contributed by atoms with Crippen molar-refractivity contribution >= 4 is 48.5 Å². The third-order valence-corrected chi connectivity index (χ3v) is 16.3. The predicted octanol–water partition coefficient (Wildman–Crippen LogP) is 14.5. The van der Waals surface area contributed by atoms with Gasteiger partial charge in [-0.15, -0.1) is 30.6 Å². The second-order valence-electron chi connectivity index (χ2n) is 24.6. The number of nitrogens with one attached hydrogen (secondary N) is 6. The Labute approximate surface area is 732 Å². The van der Waals surface area contributed by atoms with Gasteiger partial charge in [-0.3, -0.25) is 0 Å². The van der Waals surface area contributed by atoms with Crippen molar-refractivity contribution in [1.29, 1.82) is 0 Å². The Kier molecular flexibility index (Phi) is 40.7. The van der Waals surface area contributed by atoms with Crippen LogP contribution in [0.1, 0.15) is 27.8 Å². The Balaban J connectivity index is 0.000000205. The molecular formula is C86H68ClFN18O23. The normalized spacial score (nSPS) is 9.92. The highest BCUT2D eigenvalue weighted by Crippen LogP contribution is 2.39. The Bertz CT molecular complexity index is 6110. The fourth-order valence-electron chi connectivity index (χ4n) is 10.6. The van der Waals surface area contributed by atoms with Crippen molar-refractivity contribution in [3.05, 3.63) is 282 Å². The SMILES string of the molecule is COc1cc(C)cc(-c2cccc(Oc3cn[nH]n3)c2)c1.Cc1cc(Cl)cc(-c2cccc(Oc3cn[nH]n3)c2)c1.Cc1ccc(Oc2cn[nH]n2)cc1C.Cc1ccc(Oc2cn[nH]n2)cc1F.O=C=O.O=C=O.O=C=O.O=C=O.O=C=O.O=C=O.c1cc(-c2ccc3c(c2)OCO3)ccc1Oc1cn[nH]n1.c1cc(Oc2cn[nH]n2)cc(-c2ccc3c(c2)OCO3)c1. The molecule has 129 heavy (non-hydrogen) atoms. The van der Waals surface area contributed by atoms with E-state index >= 15 is 0 Å². The Morgan fingerprint density at radius 2 is 0.581 bits per heavy atom. The van der Waals surface area contributed by atoms with E-state index in [2.05, 4.69) is 112 Å². The molecular weight excluding hydrogens is 1710 g/mol. The molecule has 0 aliphatic carbocycles. The molecule has 0 radical (unpaired) electrons. The Morgan fingerprint density at radius 3 is 0.930 bits per heavy atom. The average molecular weight is 1780 g/mol. The average Bonchev–Trinajstić information content (AvgIpc) is 1.86. The molecule has 654 valence electrons. The minimum atomic E-state index is -0.300. The summed E-state index contributed by atoms with van der Waals surface area (Å²) >= 11 is 6.10. The number of nitrogens with zero attached hydrogens (tertiary/aromatic N) is 12. The number of methoxy groups -OCH3 is 1. The van der Waals surface area contributed by atoms with Crippen LogP contribution in [0.3, 0.4) is 0 Å². The van der Waals surface area contributed by atoms with Crippen LogP contribution in [0.25, 0.3) is 44.5 Å². The molecule has 2 aliphatic rings. The lowest BCUT2D eigenvalue weighted by Gasteiger charge is -2.08. The summed E-state index contributed by atoms with van der Waals surface area (Å²) < 4.78 is 72.9. The van der Waals surface area contributed by atoms with Crippen molar-refractivity contribution in [3.63, 3.8) is 0 Å². The van der Waals surface area contributed by atoms with Crippen LogP contribution < -0.4 is 52.1 Å². The fourth-order valence-corrected chi connectivity index (χ4v) is 10.9. The summed E-state index contributed by atoms with van der Waals surface area (Å²) in [4.78, 5) is 97.5. The second kappa shape index (κ2) is 53.9. The summed E-state index contributed by atoms with van der Waals surface area (Å²) in [6, 6.07) is 65.4. The maximum absolute atomic E-state index is 13.1. The molecule has 2 aliphatic heterocycles. The van der Waals surface area contributed by atoms with E-state index in [1.807, 2.05) is 197 Å². The zero-order valence-electron chi connectivity index (χ0n) is 68.0. The second-order valence-corrected chi connectivity index (χ2v) is 25.1. The van der Waals surface area contributed by atoms with Crippen LogP contribution in [0.5, 0.6) is 98.5 Å². The van der Waals surface area contributed by atoms with Crippen molar-refractivity contribution in [1.82, 2.24) is 92.5 Å². The van der Waals surface area contributed by atoms with Gasteiger partial charge in [0.2, 0.25) is 13.6 Å². The Morgan fingerprint density at radius 1 is 0.287 bits per heavy atom. The van der Waals surface area contributed by atoms with Gasteiger partial charge in [0.1, 0.15) is 83.2 Å². The molecule has 6 N–H and O–H groups in total. The number of benzene rings is 10. The van der Waals surface area contributed by atoms with Crippen LogP contribution in [0, 0.1) is 40.4 Å². The summed E-state index contributed by atoms with van der Waals surface area (Å²) in [5, 5.41) is 60.6. The van der Waals surface area contributed by atoms with Crippen LogP contribution in [-0.2, 0) is 57.5 Å². The first kappa shape index (κ1) is 97.5. The number of hydrogen-bond donors (Lipinski definition) is 6. The molecule has 41 nitrogen and oxygen atoms in total. The lowest BCUT2D eigenvalue weighted by molar-refractivity contribution is -0.193. The van der Waals surface area contributed by atoms with Gasteiger partial charge in [-0.1, -0.05) is 96.5 Å². The summed E-state index contributed by atoms with van der Waals surface area (Å²) in [6.45, 7) is 10.4. The van der Waals surface area contributed by atoms with Gasteiger partial charge in [0, 0.05) is 11.1 Å². The van der Waals surface area contributed by atoms with E-state index in [1.54, 1.807) is 26.2 Å². The molecule has 6 aromatic heterocycles. The van der Waals surface area contributed by atoms with Crippen LogP contribution in [0.15, 0.2) is 243 Å². The molecule has 0 fully saturated rings. The van der Waals surface area contributed by atoms with Crippen molar-refractivity contribution in [3.8, 4) is 143 Å². The third-order valence-electron chi connectivity index (χ3n) is 16.1. The number of halogens is 2. The van der Waals surface area contributed by atoms with Gasteiger partial charge in [-0.2, -0.15) is 119 Å². The number of fused-ring (bicyclic) bond motifs is 2. The minimum Gasteiger partial charge on any atom is -0.497 e. The number of hydrogen-bond acceptors (Lipinski definition) is 35. The molecule has 10 aromatic carbocycles. The number of aromatic amines is 6. The first-order chi connectivity index (χ1) is 62.7. The van der Waals surface area contributed by atoms with Gasteiger partial charge in [-0.05, 0) is 222 Å². The molecule has 18 rings (SSSR count). The van der Waals surface area contributed by atoms with E-state index in [-0.39, 0.29) is 56.3 Å². The molecule has 0 bridgehead atoms. The highest BCUT2D eigenvalue weighted by Gasteiger charge is 2.17. The van der Waals surface area contributed by atoms with Gasteiger partial charge in [-0.25, -0.2) is 4.39 Å². The summed E-state index contributed by atoms with van der Waals surface area (Å²) in [5.41, 5.74) is 13.7. The van der Waals surface area contributed by atoms with E-state index < -0.39 is 0 Å². The topological polar surface area (TPSA) is 556 Å². The van der Waals surface area contributed by atoms with Crippen LogP contribution in [-0.4, -0.2) is 150 Å². The smallest absolute Gasteiger partial charge is 0.373 e. The molecule has 43 heteroatoms. The minimum absolute atomic E-state index is 0.250. The highest BCUT2D eigenvalue weighted by atomic mass is 35.5. The number of H-pyrrole nitrogens is 6. The van der Waals surface area contributed by atoms with Crippen molar-refractivity contribution in [2.75, 3.05) is 20.7 Å². The molecule has 8 heterocycles. The molecule has 0 unspecified atom stereocenters. The van der Waals surface area contributed by atoms with E-state index in [4.69, 9.17) is 121 Å². The third kappa shape index (κ3) is 33.7. The summed E-state index contributed by atoms with van der Waals surface area (Å²) in [7, 11) is 1.67. The number of aryl methyl sites for hydroxylation is 5. The van der Waals surface area contributed by atoms with Crippen molar-refractivity contribution < 1.29 is 114 Å². The highest BCUT2D eigenvalue weighted by molar-refractivity contribution is 6.31. The molecule has 0 spiro atoms. The van der Waals surface area contributed by atoms with E-state index in [9.17, 15) is 4.39 Å². The van der Waals surface area contributed by atoms with Gasteiger partial charge in [0.15, 0.2) is 23.0 Å². The quantitative estimate of drug-likeness (QED) is 0.0493. The van der Waals surface area contributed by atoms with E-state index in [1.165, 1.54) is 54.4 Å². The monoisotopic (exact) mass is 1770 g/mol. The van der Waals surface area contributed by atoms with Crippen LogP contribution in [0.4, 0.5) is 4.39 Å². The Hall–Kier alpha value is -18.7. The van der Waals surface area contributed by atoms with Crippen molar-refractivity contribution in [2.24, 2.45) is 0 Å². The fraction of sp³-hybridized carbons (Fsp3) is 0.0930. The first-order valence-corrected chi connectivity index (χ1v) is 36.7. The van der Waals surface area contributed by atoms with Gasteiger partial charge < -0.3 is 52.1 Å². The maximum atomic E-state index is 13.1. The van der Waals surface area contributed by atoms with Gasteiger partial charge in [0.25, 0.3) is 35.3 Å². The molecule has 16 aromatic rings. The number of rotatable bonds is 17. The number of ether oxygens (including phenoxy) is 11. The van der Waals surface area contributed by atoms with Crippen LogP contribution >= 0.6 is 11.6 Å². The summed E-state index contributed by atoms with van der Waals surface area (Å²) in [5.74, 6) is 10.2. The van der Waals surface area contributed by atoms with Gasteiger partial charge in [0.05, 0.1) is 7.11 Å². The molecule has 0 saturated heterocycles. The summed E-state index contributed by atoms with van der Waals surface area (Å²) in [6.07, 6.45) is 10.5. The van der Waals surface area contributed by atoms with E-state index in [0.717, 1.165) is 95.2 Å². The van der Waals surface area contributed by atoms with E-state index in [0.29, 0.717) is 69.6 Å². The predicted molar refractivity (Wildman–Crippen MR) is 437 cm³/mol. The zero-order chi connectivity index (χ0) is 92.9. The lowest BCUT2D eigenvalue weighted by Crippen LogP contribution is -1.92. The maximum Gasteiger partial charge on any atom is 0.373 e.